The van der Waals surface area contributed by atoms with E-state index in [2.05, 4.69) is 25.9 Å². The van der Waals surface area contributed by atoms with Crippen LogP contribution >= 0.6 is 27.5 Å². The van der Waals surface area contributed by atoms with Crippen molar-refractivity contribution in [3.05, 3.63) is 40.3 Å². The normalized spacial score (nSPS) is 10.3. The number of nitrogens with two attached hydrogens (primary N) is 1. The van der Waals surface area contributed by atoms with Gasteiger partial charge in [-0.15, -0.1) is 0 Å². The molecule has 0 aliphatic rings. The van der Waals surface area contributed by atoms with Crippen LogP contribution in [0.3, 0.4) is 0 Å². The number of halogens is 2. The van der Waals surface area contributed by atoms with Crippen molar-refractivity contribution in [3.63, 3.8) is 0 Å². The van der Waals surface area contributed by atoms with Gasteiger partial charge in [0.05, 0.1) is 10.2 Å². The van der Waals surface area contributed by atoms with Crippen molar-refractivity contribution in [1.82, 2.24) is 9.97 Å². The minimum Gasteiger partial charge on any atom is -0.397 e. The minimum atomic E-state index is 0.361. The van der Waals surface area contributed by atoms with Crippen LogP contribution in [-0.2, 0) is 0 Å². The quantitative estimate of drug-likeness (QED) is 0.819. The minimum absolute atomic E-state index is 0.361. The highest BCUT2D eigenvalue weighted by atomic mass is 79.9. The predicted octanol–water partition coefficient (Wildman–Crippen LogP) is 3.14. The van der Waals surface area contributed by atoms with Crippen LogP contribution in [0.25, 0.3) is 11.1 Å². The Morgan fingerprint density at radius 2 is 2.13 bits per heavy atom. The van der Waals surface area contributed by atoms with Crippen molar-refractivity contribution in [2.45, 2.75) is 0 Å². The number of pyridine rings is 2. The number of nitrogen functional groups attached to an aromatic ring is 1. The smallest absolute Gasteiger partial charge is 0.145 e. The molecule has 0 aliphatic heterocycles. The lowest BCUT2D eigenvalue weighted by molar-refractivity contribution is 1.29. The van der Waals surface area contributed by atoms with Gasteiger partial charge in [0.2, 0.25) is 0 Å². The molecule has 2 aromatic rings. The van der Waals surface area contributed by atoms with Gasteiger partial charge >= 0.3 is 0 Å². The molecular formula is C10H7BrClN3. The van der Waals surface area contributed by atoms with Crippen LogP contribution in [0.4, 0.5) is 5.69 Å². The first-order chi connectivity index (χ1) is 7.20. The zero-order valence-corrected chi connectivity index (χ0v) is 9.96. The summed E-state index contributed by atoms with van der Waals surface area (Å²) in [6.45, 7) is 0. The van der Waals surface area contributed by atoms with Gasteiger partial charge in [0.15, 0.2) is 0 Å². The maximum absolute atomic E-state index is 5.92. The molecule has 2 N–H and O–H groups in total. The summed E-state index contributed by atoms with van der Waals surface area (Å²) < 4.78 is 0.616. The molecule has 15 heavy (non-hydrogen) atoms. The van der Waals surface area contributed by atoms with Gasteiger partial charge in [-0.05, 0) is 22.0 Å². The summed E-state index contributed by atoms with van der Waals surface area (Å²) in [6, 6.07) is 3.76. The molecule has 2 aromatic heterocycles. The van der Waals surface area contributed by atoms with Crippen LogP contribution in [0.5, 0.6) is 0 Å². The Labute approximate surface area is 100 Å². The number of hydrogen-bond donors (Lipinski definition) is 1. The van der Waals surface area contributed by atoms with E-state index in [-0.39, 0.29) is 0 Å². The summed E-state index contributed by atoms with van der Waals surface area (Å²) in [5.74, 6) is 0. The Hall–Kier alpha value is -1.13. The number of hydrogen-bond acceptors (Lipinski definition) is 3. The third-order valence-corrected chi connectivity index (χ3v) is 3.30. The summed E-state index contributed by atoms with van der Waals surface area (Å²) in [5, 5.41) is 0.361. The Kier molecular flexibility index (Phi) is 2.88. The zero-order chi connectivity index (χ0) is 10.8. The summed E-state index contributed by atoms with van der Waals surface area (Å²) in [6.07, 6.45) is 5.07. The molecule has 0 aromatic carbocycles. The Balaban J connectivity index is 2.60. The van der Waals surface area contributed by atoms with Crippen LogP contribution in [0.2, 0.25) is 5.15 Å². The molecule has 0 saturated heterocycles. The average Bonchev–Trinajstić information content (AvgIpc) is 2.27. The SMILES string of the molecule is Nc1c(-c2cccnc2)cnc(Cl)c1Br. The van der Waals surface area contributed by atoms with Gasteiger partial charge in [-0.25, -0.2) is 4.98 Å². The topological polar surface area (TPSA) is 51.8 Å². The van der Waals surface area contributed by atoms with E-state index < -0.39 is 0 Å². The van der Waals surface area contributed by atoms with Crippen LogP contribution in [-0.4, -0.2) is 9.97 Å². The van der Waals surface area contributed by atoms with Crippen molar-refractivity contribution in [2.24, 2.45) is 0 Å². The first-order valence-corrected chi connectivity index (χ1v) is 5.37. The van der Waals surface area contributed by atoms with Crippen molar-refractivity contribution in [1.29, 1.82) is 0 Å². The van der Waals surface area contributed by atoms with Crippen molar-refractivity contribution < 1.29 is 0 Å². The molecule has 0 fully saturated rings. The molecule has 0 aliphatic carbocycles. The van der Waals surface area contributed by atoms with E-state index in [1.54, 1.807) is 18.6 Å². The van der Waals surface area contributed by atoms with Gasteiger partial charge in [0.1, 0.15) is 5.15 Å². The third kappa shape index (κ3) is 1.96. The largest absolute Gasteiger partial charge is 0.397 e. The molecule has 5 heteroatoms. The molecule has 0 atom stereocenters. The molecule has 0 unspecified atom stereocenters. The van der Waals surface area contributed by atoms with Gasteiger partial charge in [0, 0.05) is 29.7 Å². The zero-order valence-electron chi connectivity index (χ0n) is 7.61. The van der Waals surface area contributed by atoms with Gasteiger partial charge in [0.25, 0.3) is 0 Å². The fourth-order valence-corrected chi connectivity index (χ4v) is 1.70. The van der Waals surface area contributed by atoms with Gasteiger partial charge < -0.3 is 5.73 Å². The second kappa shape index (κ2) is 4.16. The van der Waals surface area contributed by atoms with Crippen LogP contribution in [0.15, 0.2) is 35.2 Å². The molecule has 2 heterocycles. The Bertz CT molecular complexity index is 488. The third-order valence-electron chi connectivity index (χ3n) is 1.99. The molecular weight excluding hydrogens is 277 g/mol. The summed E-state index contributed by atoms with van der Waals surface area (Å²) in [4.78, 5) is 8.05. The van der Waals surface area contributed by atoms with Crippen molar-refractivity contribution >= 4 is 33.2 Å². The number of anilines is 1. The standard InChI is InChI=1S/C10H7BrClN3/c11-8-9(13)7(5-15-10(8)12)6-2-1-3-14-4-6/h1-5H,(H2,13,15). The number of nitrogens with zero attached hydrogens (tertiary/aromatic N) is 2. The molecule has 3 nitrogen and oxygen atoms in total. The average molecular weight is 285 g/mol. The van der Waals surface area contributed by atoms with E-state index in [0.717, 1.165) is 11.1 Å². The Morgan fingerprint density at radius 1 is 1.33 bits per heavy atom. The van der Waals surface area contributed by atoms with E-state index in [9.17, 15) is 0 Å². The van der Waals surface area contributed by atoms with Crippen LogP contribution in [0.1, 0.15) is 0 Å². The van der Waals surface area contributed by atoms with Crippen molar-refractivity contribution in [2.75, 3.05) is 5.73 Å². The van der Waals surface area contributed by atoms with E-state index in [1.807, 2.05) is 12.1 Å². The second-order valence-corrected chi connectivity index (χ2v) is 4.08. The lowest BCUT2D eigenvalue weighted by Crippen LogP contribution is -1.94. The highest BCUT2D eigenvalue weighted by molar-refractivity contribution is 9.10. The van der Waals surface area contributed by atoms with E-state index >= 15 is 0 Å². The first-order valence-electron chi connectivity index (χ1n) is 4.20. The number of rotatable bonds is 1. The molecule has 0 spiro atoms. The highest BCUT2D eigenvalue weighted by Crippen LogP contribution is 2.34. The highest BCUT2D eigenvalue weighted by Gasteiger charge is 2.09. The number of aromatic nitrogens is 2. The summed E-state index contributed by atoms with van der Waals surface area (Å²) >= 11 is 9.11. The van der Waals surface area contributed by atoms with Gasteiger partial charge in [-0.1, -0.05) is 17.7 Å². The molecule has 0 bridgehead atoms. The van der Waals surface area contributed by atoms with E-state index in [0.29, 0.717) is 15.3 Å². The fourth-order valence-electron chi connectivity index (χ4n) is 1.23. The maximum Gasteiger partial charge on any atom is 0.145 e. The van der Waals surface area contributed by atoms with Crippen LogP contribution < -0.4 is 5.73 Å². The molecule has 0 radical (unpaired) electrons. The molecule has 2 rings (SSSR count). The first kappa shape index (κ1) is 10.4. The second-order valence-electron chi connectivity index (χ2n) is 2.93. The predicted molar refractivity (Wildman–Crippen MR) is 64.6 cm³/mol. The summed E-state index contributed by atoms with van der Waals surface area (Å²) in [5.41, 5.74) is 8.22. The monoisotopic (exact) mass is 283 g/mol. The van der Waals surface area contributed by atoms with Gasteiger partial charge in [-0.2, -0.15) is 0 Å². The van der Waals surface area contributed by atoms with Crippen LogP contribution in [0, 0.1) is 0 Å². The van der Waals surface area contributed by atoms with E-state index in [1.165, 1.54) is 0 Å². The lowest BCUT2D eigenvalue weighted by Gasteiger charge is -2.07. The van der Waals surface area contributed by atoms with Gasteiger partial charge in [-0.3, -0.25) is 4.98 Å². The van der Waals surface area contributed by atoms with E-state index in [4.69, 9.17) is 17.3 Å². The lowest BCUT2D eigenvalue weighted by atomic mass is 10.1. The molecule has 0 amide bonds. The summed E-state index contributed by atoms with van der Waals surface area (Å²) in [7, 11) is 0. The fraction of sp³-hybridized carbons (Fsp3) is 0. The maximum atomic E-state index is 5.92. The Morgan fingerprint density at radius 3 is 2.80 bits per heavy atom. The molecule has 0 saturated carbocycles. The van der Waals surface area contributed by atoms with Crippen molar-refractivity contribution in [3.8, 4) is 11.1 Å². The molecule has 76 valence electrons.